The lowest BCUT2D eigenvalue weighted by Crippen LogP contribution is -2.50. The van der Waals surface area contributed by atoms with Gasteiger partial charge in [0.15, 0.2) is 11.6 Å². The Bertz CT molecular complexity index is 1320. The number of aryl methyl sites for hydroxylation is 3. The number of thiophene rings is 1. The Morgan fingerprint density at radius 3 is 2.41 bits per heavy atom. The molecule has 0 spiro atoms. The van der Waals surface area contributed by atoms with Gasteiger partial charge in [-0.25, -0.2) is 27.2 Å². The molecule has 0 atom stereocenters. The first-order chi connectivity index (χ1) is 15.1. The highest BCUT2D eigenvalue weighted by Gasteiger charge is 2.32. The van der Waals surface area contributed by atoms with Gasteiger partial charge in [-0.1, -0.05) is 6.92 Å². The molecule has 1 aliphatic rings. The van der Waals surface area contributed by atoms with E-state index in [1.54, 1.807) is 4.90 Å². The van der Waals surface area contributed by atoms with Crippen LogP contribution in [0.2, 0.25) is 0 Å². The van der Waals surface area contributed by atoms with Crippen LogP contribution in [0, 0.1) is 25.5 Å². The number of carbonyl (C=O) groups is 1. The number of rotatable bonds is 4. The van der Waals surface area contributed by atoms with Crippen molar-refractivity contribution in [2.45, 2.75) is 32.1 Å². The Morgan fingerprint density at radius 1 is 1.09 bits per heavy atom. The highest BCUT2D eigenvalue weighted by atomic mass is 32.2. The van der Waals surface area contributed by atoms with E-state index in [4.69, 9.17) is 0 Å². The lowest BCUT2D eigenvalue weighted by atomic mass is 10.1. The van der Waals surface area contributed by atoms with Crippen LogP contribution in [0.1, 0.15) is 33.7 Å². The van der Waals surface area contributed by atoms with Crippen molar-refractivity contribution >= 4 is 37.5 Å². The largest absolute Gasteiger partial charge is 0.335 e. The van der Waals surface area contributed by atoms with Crippen LogP contribution in [0.25, 0.3) is 10.2 Å². The minimum atomic E-state index is -3.98. The van der Waals surface area contributed by atoms with Crippen molar-refractivity contribution in [3.63, 3.8) is 0 Å². The summed E-state index contributed by atoms with van der Waals surface area (Å²) in [5, 5.41) is 0.884. The van der Waals surface area contributed by atoms with E-state index in [-0.39, 0.29) is 37.0 Å². The second-order valence-electron chi connectivity index (χ2n) is 7.59. The molecule has 0 bridgehead atoms. The Balaban J connectivity index is 1.53. The number of carbonyl (C=O) groups excluding carboxylic acids is 1. The van der Waals surface area contributed by atoms with Crippen molar-refractivity contribution in [3.05, 3.63) is 51.8 Å². The summed E-state index contributed by atoms with van der Waals surface area (Å²) in [6.07, 6.45) is 0.700. The molecule has 7 nitrogen and oxygen atoms in total. The highest BCUT2D eigenvalue weighted by molar-refractivity contribution is 7.89. The first-order valence-corrected chi connectivity index (χ1v) is 12.4. The van der Waals surface area contributed by atoms with Crippen molar-refractivity contribution in [2.24, 2.45) is 0 Å². The predicted molar refractivity (Wildman–Crippen MR) is 117 cm³/mol. The normalized spacial score (nSPS) is 15.5. The molecule has 170 valence electrons. The predicted octanol–water partition coefficient (Wildman–Crippen LogP) is 3.30. The van der Waals surface area contributed by atoms with Crippen LogP contribution in [-0.4, -0.2) is 59.7 Å². The number of benzene rings is 1. The number of halogens is 2. The van der Waals surface area contributed by atoms with Gasteiger partial charge < -0.3 is 4.90 Å². The zero-order chi connectivity index (χ0) is 23.2. The molecule has 0 aliphatic carbocycles. The molecule has 1 amide bonds. The first kappa shape index (κ1) is 22.7. The van der Waals surface area contributed by atoms with E-state index in [2.05, 4.69) is 9.97 Å². The number of aromatic nitrogens is 2. The minimum Gasteiger partial charge on any atom is -0.335 e. The molecule has 0 saturated carbocycles. The minimum absolute atomic E-state index is 0.0653. The Labute approximate surface area is 188 Å². The number of amides is 1. The number of fused-ring (bicyclic) bond motifs is 1. The molecule has 0 unspecified atom stereocenters. The summed E-state index contributed by atoms with van der Waals surface area (Å²) in [5.74, 6) is -1.77. The second kappa shape index (κ2) is 8.45. The number of sulfonamides is 1. The van der Waals surface area contributed by atoms with Crippen molar-refractivity contribution in [1.82, 2.24) is 19.2 Å². The summed E-state index contributed by atoms with van der Waals surface area (Å²) in [4.78, 5) is 24.9. The molecule has 32 heavy (non-hydrogen) atoms. The van der Waals surface area contributed by atoms with Gasteiger partial charge >= 0.3 is 0 Å². The van der Waals surface area contributed by atoms with Crippen LogP contribution in [0.5, 0.6) is 0 Å². The standard InChI is InChI=1S/C21H22F2N4O3S2/c1-4-17-24-13(3)18-12(2)19(31-20(18)25-17)21(28)26-7-9-27(10-8-26)32(29,30)14-5-6-15(22)16(23)11-14/h5-6,11H,4,7-10H2,1-3H3. The Hall–Kier alpha value is -2.50. The fraction of sp³-hybridized carbons (Fsp3) is 0.381. The van der Waals surface area contributed by atoms with E-state index in [0.717, 1.165) is 39.4 Å². The average molecular weight is 481 g/mol. The zero-order valence-corrected chi connectivity index (χ0v) is 19.5. The lowest BCUT2D eigenvalue weighted by Gasteiger charge is -2.34. The third-order valence-corrected chi connectivity index (χ3v) is 8.65. The monoisotopic (exact) mass is 480 g/mol. The van der Waals surface area contributed by atoms with Crippen LogP contribution >= 0.6 is 11.3 Å². The molecule has 3 heterocycles. The van der Waals surface area contributed by atoms with Gasteiger partial charge in [0.05, 0.1) is 9.77 Å². The first-order valence-electron chi connectivity index (χ1n) is 10.1. The van der Waals surface area contributed by atoms with Crippen molar-refractivity contribution in [3.8, 4) is 0 Å². The van der Waals surface area contributed by atoms with Gasteiger partial charge in [-0.05, 0) is 37.6 Å². The molecule has 2 aromatic heterocycles. The van der Waals surface area contributed by atoms with E-state index in [0.29, 0.717) is 17.4 Å². The van der Waals surface area contributed by atoms with Crippen molar-refractivity contribution < 1.29 is 22.0 Å². The summed E-state index contributed by atoms with van der Waals surface area (Å²) in [6.45, 7) is 6.27. The van der Waals surface area contributed by atoms with Gasteiger partial charge in [-0.3, -0.25) is 4.79 Å². The summed E-state index contributed by atoms with van der Waals surface area (Å²) in [5.41, 5.74) is 1.66. The van der Waals surface area contributed by atoms with Crippen LogP contribution < -0.4 is 0 Å². The number of nitrogens with zero attached hydrogens (tertiary/aromatic N) is 4. The van der Waals surface area contributed by atoms with E-state index < -0.39 is 21.7 Å². The summed E-state index contributed by atoms with van der Waals surface area (Å²) in [6, 6.07) is 2.51. The highest BCUT2D eigenvalue weighted by Crippen LogP contribution is 2.32. The average Bonchev–Trinajstić information content (AvgIpc) is 3.11. The quantitative estimate of drug-likeness (QED) is 0.572. The maximum absolute atomic E-state index is 13.5. The van der Waals surface area contributed by atoms with Crippen LogP contribution in [-0.2, 0) is 16.4 Å². The topological polar surface area (TPSA) is 83.5 Å². The molecule has 1 fully saturated rings. The van der Waals surface area contributed by atoms with Crippen LogP contribution in [0.3, 0.4) is 0 Å². The third kappa shape index (κ3) is 3.89. The molecule has 0 N–H and O–H groups in total. The summed E-state index contributed by atoms with van der Waals surface area (Å²) >= 11 is 1.32. The number of piperazine rings is 1. The van der Waals surface area contributed by atoms with Gasteiger partial charge in [0.2, 0.25) is 10.0 Å². The maximum atomic E-state index is 13.5. The molecular weight excluding hydrogens is 458 g/mol. The molecule has 3 aromatic rings. The SMILES string of the molecule is CCc1nc(C)c2c(C)c(C(=O)N3CCN(S(=O)(=O)c4ccc(F)c(F)c4)CC3)sc2n1. The number of hydrogen-bond donors (Lipinski definition) is 0. The number of hydrogen-bond acceptors (Lipinski definition) is 6. The van der Waals surface area contributed by atoms with Crippen molar-refractivity contribution in [1.29, 1.82) is 0 Å². The maximum Gasteiger partial charge on any atom is 0.264 e. The van der Waals surface area contributed by atoms with E-state index >= 15 is 0 Å². The van der Waals surface area contributed by atoms with Crippen LogP contribution in [0.15, 0.2) is 23.1 Å². The second-order valence-corrected chi connectivity index (χ2v) is 10.5. The van der Waals surface area contributed by atoms with Gasteiger partial charge in [-0.2, -0.15) is 4.31 Å². The molecule has 1 aromatic carbocycles. The zero-order valence-electron chi connectivity index (χ0n) is 17.9. The smallest absolute Gasteiger partial charge is 0.264 e. The van der Waals surface area contributed by atoms with E-state index in [1.807, 2.05) is 20.8 Å². The Morgan fingerprint density at radius 2 is 1.78 bits per heavy atom. The lowest BCUT2D eigenvalue weighted by molar-refractivity contribution is 0.0702. The van der Waals surface area contributed by atoms with Gasteiger partial charge in [0.25, 0.3) is 5.91 Å². The summed E-state index contributed by atoms with van der Waals surface area (Å²) < 4.78 is 53.4. The van der Waals surface area contributed by atoms with E-state index in [1.165, 1.54) is 15.6 Å². The molecule has 4 rings (SSSR count). The fourth-order valence-corrected chi connectivity index (χ4v) is 6.47. The Kier molecular flexibility index (Phi) is 5.99. The third-order valence-electron chi connectivity index (χ3n) is 5.58. The van der Waals surface area contributed by atoms with Crippen LogP contribution in [0.4, 0.5) is 8.78 Å². The van der Waals surface area contributed by atoms with Gasteiger partial charge in [-0.15, -0.1) is 11.3 Å². The molecule has 1 aliphatic heterocycles. The molecule has 11 heteroatoms. The van der Waals surface area contributed by atoms with Gasteiger partial charge in [0.1, 0.15) is 10.7 Å². The van der Waals surface area contributed by atoms with Crippen molar-refractivity contribution in [2.75, 3.05) is 26.2 Å². The summed E-state index contributed by atoms with van der Waals surface area (Å²) in [7, 11) is -3.98. The molecule has 1 saturated heterocycles. The fourth-order valence-electron chi connectivity index (χ4n) is 3.82. The molecule has 0 radical (unpaired) electrons. The van der Waals surface area contributed by atoms with E-state index in [9.17, 15) is 22.0 Å². The van der Waals surface area contributed by atoms with Gasteiger partial charge in [0, 0.05) is 43.7 Å². The molecular formula is C21H22F2N4O3S2.